The van der Waals surface area contributed by atoms with Gasteiger partial charge in [-0.15, -0.1) is 0 Å². The molecular weight excluding hydrogens is 1710 g/mol. The fourth-order valence-corrected chi connectivity index (χ4v) is 17.0. The van der Waals surface area contributed by atoms with Crippen LogP contribution in [0.2, 0.25) is 0 Å². The molecule has 130 heavy (non-hydrogen) atoms. The molecule has 3 saturated carbocycles. The highest BCUT2D eigenvalue weighted by Gasteiger charge is 2.47. The average molecular weight is 1890 g/mol. The number of carbonyl (C=O) groups is 8. The summed E-state index contributed by atoms with van der Waals surface area (Å²) in [6.45, 7) is 10.0. The number of carbonyl (C=O) groups excluding carboxylic acids is 8. The Balaban J connectivity index is 0.00000514. The van der Waals surface area contributed by atoms with E-state index >= 15 is 0 Å². The number of nitrogens with two attached hydrogens (primary N) is 1. The lowest BCUT2D eigenvalue weighted by molar-refractivity contribution is -0.142. The van der Waals surface area contributed by atoms with Gasteiger partial charge in [-0.25, -0.2) is 4.57 Å². The summed E-state index contributed by atoms with van der Waals surface area (Å²) in [5, 5.41) is 109. The van der Waals surface area contributed by atoms with Gasteiger partial charge in [-0.3, -0.25) is 47.4 Å². The highest BCUT2D eigenvalue weighted by molar-refractivity contribution is 7.47. The van der Waals surface area contributed by atoms with E-state index < -0.39 is 104 Å². The van der Waals surface area contributed by atoms with Gasteiger partial charge in [0, 0.05) is 144 Å². The second-order valence-electron chi connectivity index (χ2n) is 35.4. The zero-order valence-corrected chi connectivity index (χ0v) is 81.4. The quantitative estimate of drug-likeness (QED) is 0.0154. The first kappa shape index (κ1) is 124. The number of phosphoric ester groups is 1. The molecule has 0 aromatic rings. The Hall–Kier alpha value is -4.41. The largest absolute Gasteiger partial charge is 0.471 e. The van der Waals surface area contributed by atoms with Crippen LogP contribution in [0.3, 0.4) is 0 Å². The van der Waals surface area contributed by atoms with Crippen molar-refractivity contribution in [2.45, 2.75) is 415 Å². The first-order valence-corrected chi connectivity index (χ1v) is 51.0. The topological polar surface area (TPSA) is 537 Å². The van der Waals surface area contributed by atoms with E-state index in [-0.39, 0.29) is 158 Å². The first-order chi connectivity index (χ1) is 62.6. The third-order valence-corrected chi connectivity index (χ3v) is 25.2. The minimum absolute atomic E-state index is 0.00370. The molecule has 3 aliphatic rings. The van der Waals surface area contributed by atoms with Crippen LogP contribution >= 0.6 is 7.82 Å². The van der Waals surface area contributed by atoms with E-state index in [9.17, 15) is 88.9 Å². The lowest BCUT2D eigenvalue weighted by Crippen LogP contribution is -2.61. The SMILES string of the molecule is CC.COCNC(=O)CCCC(=O)NC(COCCC(=O)CCCCCCCCCCCCCOC1CC(CO)C(O)C(O)C1NC(C)=O)(COCCC(=O)CCCCCCCCCCCCCOC1CC(CO)C(O)C(O)C1NC(C)=O)COCCC(=O)NCCCCCCCCCCCCOC1CC(CO)C(O)C(O)C1NC(C)=O.COP(=O)(O)OCCCCCCN. The summed E-state index contributed by atoms with van der Waals surface area (Å²) in [5.74, 6) is -3.24. The normalized spacial score (nSPS) is 22.9. The van der Waals surface area contributed by atoms with Crippen LogP contribution in [0, 0.1) is 17.8 Å². The lowest BCUT2D eigenvalue weighted by atomic mass is 9.79. The highest BCUT2D eigenvalue weighted by Crippen LogP contribution is 2.42. The van der Waals surface area contributed by atoms with E-state index in [4.69, 9.17) is 43.8 Å². The van der Waals surface area contributed by atoms with Gasteiger partial charge in [0.2, 0.25) is 35.4 Å². The van der Waals surface area contributed by atoms with E-state index in [2.05, 4.69) is 40.9 Å². The zero-order chi connectivity index (χ0) is 96.4. The molecule has 6 amide bonds. The van der Waals surface area contributed by atoms with Gasteiger partial charge in [0.25, 0.3) is 0 Å². The average Bonchev–Trinajstić information content (AvgIpc) is 0.818. The van der Waals surface area contributed by atoms with Crippen LogP contribution < -0.4 is 37.6 Å². The van der Waals surface area contributed by atoms with E-state index in [0.717, 1.165) is 238 Å². The summed E-state index contributed by atoms with van der Waals surface area (Å²) >= 11 is 0. The van der Waals surface area contributed by atoms with Gasteiger partial charge < -0.3 is 122 Å². The van der Waals surface area contributed by atoms with Crippen LogP contribution in [0.1, 0.15) is 336 Å². The fourth-order valence-electron chi connectivity index (χ4n) is 16.5. The minimum atomic E-state index is -3.75. The van der Waals surface area contributed by atoms with Crippen LogP contribution in [0.25, 0.3) is 0 Å². The van der Waals surface area contributed by atoms with Crippen LogP contribution in [-0.4, -0.2) is 296 Å². The lowest BCUT2D eigenvalue weighted by Gasteiger charge is -2.42. The molecule has 0 radical (unpaired) electrons. The molecular formula is C94H180N7O28P. The van der Waals surface area contributed by atoms with Gasteiger partial charge in [0.1, 0.15) is 42.1 Å². The van der Waals surface area contributed by atoms with E-state index in [1.54, 1.807) is 0 Å². The Morgan fingerprint density at radius 3 is 0.985 bits per heavy atom. The Labute approximate surface area is 777 Å². The van der Waals surface area contributed by atoms with Gasteiger partial charge in [-0.05, 0) is 83.6 Å². The van der Waals surface area contributed by atoms with E-state index in [1.807, 2.05) is 13.8 Å². The standard InChI is InChI=1S/C85H156N6O24.C7H18NO4P.C2H6/c1-62(95)88-76-70(52-65(55-92)79(103)82(76)106)113-46-34-28-22-16-10-5-7-13-19-25-31-38-68(98)42-49-110-58-85(91-75(102)41-37-40-73(100)87-61-109-4,59-111-50-43-69(99)39-32-26-20-14-8-6-11-17-23-29-35-47-114-71-53-66(56-93)80(104)83(107)77(71)89-63(2)96)60-112-51-44-74(101)86-45-33-27-21-15-9-12-18-24-30-36-48-115-72-54-67(57-94)81(105)84(108)78(72)90-64(3)97;1-11-13(9,10)12-7-5-3-2-4-6-8;1-2/h65-67,70-72,76-84,92-94,103-108H,5-61H2,1-4H3,(H,86,101)(H,87,100)(H,88,95)(H,89,96)(H,90,97)(H,91,102);2-8H2,1H3,(H,9,10);1-2H3. The molecule has 3 rings (SSSR count). The first-order valence-electron chi connectivity index (χ1n) is 49.5. The molecule has 0 saturated heterocycles. The molecule has 0 aromatic carbocycles. The number of ether oxygens (including phenoxy) is 7. The summed E-state index contributed by atoms with van der Waals surface area (Å²) in [6.07, 6.45) is 30.1. The molecule has 3 fully saturated rings. The fraction of sp³-hybridized carbons (Fsp3) is 0.915. The van der Waals surface area contributed by atoms with Crippen LogP contribution in [0.15, 0.2) is 0 Å². The maximum Gasteiger partial charge on any atom is 0.471 e. The second-order valence-corrected chi connectivity index (χ2v) is 37.0. The van der Waals surface area contributed by atoms with Crippen LogP contribution in [0.5, 0.6) is 0 Å². The van der Waals surface area contributed by atoms with Crippen molar-refractivity contribution >= 4 is 54.8 Å². The molecule has 764 valence electrons. The van der Waals surface area contributed by atoms with Gasteiger partial charge in [0.15, 0.2) is 0 Å². The van der Waals surface area contributed by atoms with E-state index in [1.165, 1.54) is 27.9 Å². The Kier molecular flexibility index (Phi) is 75.7. The number of hydrogen-bond donors (Lipinski definition) is 17. The molecule has 0 heterocycles. The molecule has 35 nitrogen and oxygen atoms in total. The number of hydrogen-bond acceptors (Lipinski definition) is 28. The number of aliphatic hydroxyl groups excluding tert-OH is 9. The molecule has 36 heteroatoms. The minimum Gasteiger partial charge on any atom is -0.396 e. The molecule has 18 N–H and O–H groups in total. The number of aliphatic hydroxyl groups is 9. The summed E-state index contributed by atoms with van der Waals surface area (Å²) < 4.78 is 61.3. The predicted octanol–water partition coefficient (Wildman–Crippen LogP) is 8.64. The summed E-state index contributed by atoms with van der Waals surface area (Å²) in [5.41, 5.74) is 4.02. The van der Waals surface area contributed by atoms with Crippen molar-refractivity contribution < 1.29 is 136 Å². The van der Waals surface area contributed by atoms with Gasteiger partial charge in [0.05, 0.1) is 101 Å². The maximum atomic E-state index is 13.8. The zero-order valence-electron chi connectivity index (χ0n) is 80.6. The smallest absolute Gasteiger partial charge is 0.396 e. The third kappa shape index (κ3) is 60.2. The number of unbranched alkanes of at least 4 members (excludes halogenated alkanes) is 32. The number of methoxy groups -OCH3 is 1. The molecule has 0 bridgehead atoms. The summed E-state index contributed by atoms with van der Waals surface area (Å²) in [6, 6.07) is -2.21. The van der Waals surface area contributed by atoms with Crippen molar-refractivity contribution in [3.8, 4) is 0 Å². The predicted molar refractivity (Wildman–Crippen MR) is 496 cm³/mol. The van der Waals surface area contributed by atoms with Gasteiger partial charge >= 0.3 is 7.82 Å². The van der Waals surface area contributed by atoms with Crippen molar-refractivity contribution in [3.05, 3.63) is 0 Å². The molecule has 0 spiro atoms. The van der Waals surface area contributed by atoms with Crippen LogP contribution in [0.4, 0.5) is 0 Å². The summed E-state index contributed by atoms with van der Waals surface area (Å²) in [4.78, 5) is 110. The Morgan fingerprint density at radius 1 is 0.362 bits per heavy atom. The molecule has 0 aromatic heterocycles. The Bertz CT molecular complexity index is 2690. The van der Waals surface area contributed by atoms with Crippen molar-refractivity contribution in [1.82, 2.24) is 31.9 Å². The van der Waals surface area contributed by atoms with Crippen molar-refractivity contribution in [2.75, 3.05) is 120 Å². The van der Waals surface area contributed by atoms with Crippen LogP contribution in [-0.2, 0) is 85.1 Å². The maximum absolute atomic E-state index is 13.8. The molecule has 3 aliphatic carbocycles. The highest BCUT2D eigenvalue weighted by atomic mass is 31.2. The number of phosphoric acid groups is 1. The van der Waals surface area contributed by atoms with Crippen molar-refractivity contribution in [2.24, 2.45) is 23.5 Å². The molecule has 0 aliphatic heterocycles. The molecule has 16 unspecified atom stereocenters. The van der Waals surface area contributed by atoms with Crippen molar-refractivity contribution in [3.63, 3.8) is 0 Å². The number of rotatable bonds is 80. The number of ketones is 2. The second kappa shape index (κ2) is 79.6. The van der Waals surface area contributed by atoms with E-state index in [0.29, 0.717) is 65.0 Å². The monoisotopic (exact) mass is 1890 g/mol. The van der Waals surface area contributed by atoms with Gasteiger partial charge in [-0.2, -0.15) is 0 Å². The number of amides is 6. The number of nitrogens with one attached hydrogen (secondary N) is 6. The van der Waals surface area contributed by atoms with Crippen molar-refractivity contribution in [1.29, 1.82) is 0 Å². The molecule has 16 atom stereocenters. The third-order valence-electron chi connectivity index (χ3n) is 24.2. The summed E-state index contributed by atoms with van der Waals surface area (Å²) in [7, 11) is -1.14. The van der Waals surface area contributed by atoms with Gasteiger partial charge in [-0.1, -0.05) is 194 Å². The number of Topliss-reactive ketones (excluding diaryl/α,β-unsaturated/α-hetero) is 2. The Morgan fingerprint density at radius 2 is 0.662 bits per heavy atom.